The van der Waals surface area contributed by atoms with Gasteiger partial charge >= 0.3 is 0 Å². The van der Waals surface area contributed by atoms with Crippen molar-refractivity contribution in [3.8, 4) is 0 Å². The van der Waals surface area contributed by atoms with Crippen LogP contribution in [0.3, 0.4) is 0 Å². The molecule has 0 aliphatic carbocycles. The van der Waals surface area contributed by atoms with Gasteiger partial charge < -0.3 is 19.7 Å². The first-order valence-electron chi connectivity index (χ1n) is 8.72. The molecule has 0 unspecified atom stereocenters. The number of amides is 1. The van der Waals surface area contributed by atoms with E-state index in [0.717, 1.165) is 51.1 Å². The number of para-hydroxylation sites is 1. The molecule has 1 N–H and O–H groups in total. The van der Waals surface area contributed by atoms with E-state index in [-0.39, 0.29) is 17.7 Å². The summed E-state index contributed by atoms with van der Waals surface area (Å²) < 4.78 is 25.3. The van der Waals surface area contributed by atoms with Crippen LogP contribution in [-0.2, 0) is 14.3 Å². The molecule has 2 atom stereocenters. The Labute approximate surface area is 142 Å². The normalized spacial score (nSPS) is 21.9. The minimum absolute atomic E-state index is 0.0638. The number of nitrogens with one attached hydrogen (secondary N) is 1. The molecule has 24 heavy (non-hydrogen) atoms. The van der Waals surface area contributed by atoms with Gasteiger partial charge in [-0.25, -0.2) is 4.39 Å². The molecule has 0 spiro atoms. The minimum atomic E-state index is -0.653. The van der Waals surface area contributed by atoms with Crippen molar-refractivity contribution in [2.24, 2.45) is 0 Å². The lowest BCUT2D eigenvalue weighted by Crippen LogP contribution is -2.31. The second-order valence-corrected chi connectivity index (χ2v) is 6.43. The van der Waals surface area contributed by atoms with E-state index in [1.807, 2.05) is 6.07 Å². The zero-order valence-electron chi connectivity index (χ0n) is 14.1. The van der Waals surface area contributed by atoms with Crippen LogP contribution in [-0.4, -0.2) is 44.4 Å². The Morgan fingerprint density at radius 3 is 2.92 bits per heavy atom. The molecule has 1 amide bonds. The molecule has 3 rings (SSSR count). The minimum Gasteiger partial charge on any atom is -0.376 e. The number of halogens is 1. The van der Waals surface area contributed by atoms with Gasteiger partial charge in [0.15, 0.2) is 0 Å². The highest BCUT2D eigenvalue weighted by Crippen LogP contribution is 2.31. The average Bonchev–Trinajstić information content (AvgIpc) is 3.27. The van der Waals surface area contributed by atoms with E-state index in [1.54, 1.807) is 13.0 Å². The highest BCUT2D eigenvalue weighted by atomic mass is 19.1. The summed E-state index contributed by atoms with van der Waals surface area (Å²) in [7, 11) is 0. The van der Waals surface area contributed by atoms with Crippen LogP contribution in [0, 0.1) is 5.82 Å². The molecule has 2 saturated heterocycles. The van der Waals surface area contributed by atoms with Crippen LogP contribution in [0.25, 0.3) is 0 Å². The number of anilines is 2. The monoisotopic (exact) mass is 336 g/mol. The van der Waals surface area contributed by atoms with Gasteiger partial charge in [0.25, 0.3) is 5.91 Å². The maximum atomic E-state index is 14.3. The largest absolute Gasteiger partial charge is 0.376 e. The van der Waals surface area contributed by atoms with Crippen LogP contribution in [0.1, 0.15) is 32.6 Å². The predicted molar refractivity (Wildman–Crippen MR) is 90.9 cm³/mol. The third-order valence-electron chi connectivity index (χ3n) is 4.61. The summed E-state index contributed by atoms with van der Waals surface area (Å²) in [6.45, 7) is 4.60. The third kappa shape index (κ3) is 4.05. The van der Waals surface area contributed by atoms with Crippen LogP contribution in [0.5, 0.6) is 0 Å². The fraction of sp³-hybridized carbons (Fsp3) is 0.611. The Morgan fingerprint density at radius 2 is 2.21 bits per heavy atom. The Hall–Kier alpha value is -1.66. The van der Waals surface area contributed by atoms with Gasteiger partial charge in [0, 0.05) is 19.7 Å². The fourth-order valence-corrected chi connectivity index (χ4v) is 3.19. The number of carbonyl (C=O) groups excluding carboxylic acids is 1. The van der Waals surface area contributed by atoms with Crippen LogP contribution in [0.4, 0.5) is 15.8 Å². The molecule has 132 valence electrons. The van der Waals surface area contributed by atoms with E-state index < -0.39 is 11.9 Å². The van der Waals surface area contributed by atoms with E-state index in [2.05, 4.69) is 10.2 Å². The van der Waals surface area contributed by atoms with Gasteiger partial charge in [-0.05, 0) is 44.7 Å². The van der Waals surface area contributed by atoms with Gasteiger partial charge in [-0.15, -0.1) is 0 Å². The Kier molecular flexibility index (Phi) is 5.68. The van der Waals surface area contributed by atoms with Gasteiger partial charge in [0.2, 0.25) is 0 Å². The van der Waals surface area contributed by atoms with Gasteiger partial charge in [-0.3, -0.25) is 4.79 Å². The van der Waals surface area contributed by atoms with Crippen molar-refractivity contribution in [1.82, 2.24) is 0 Å². The molecular formula is C18H25FN2O3. The second-order valence-electron chi connectivity index (χ2n) is 6.43. The highest BCUT2D eigenvalue weighted by Gasteiger charge is 2.23. The molecule has 0 radical (unpaired) electrons. The summed E-state index contributed by atoms with van der Waals surface area (Å²) in [5.74, 6) is -0.752. The molecule has 5 nitrogen and oxygen atoms in total. The van der Waals surface area contributed by atoms with Crippen molar-refractivity contribution in [3.63, 3.8) is 0 Å². The number of ether oxygens (including phenoxy) is 2. The number of rotatable bonds is 6. The van der Waals surface area contributed by atoms with Crippen LogP contribution in [0.2, 0.25) is 0 Å². The summed E-state index contributed by atoms with van der Waals surface area (Å²) >= 11 is 0. The Bertz CT molecular complexity index is 569. The maximum absolute atomic E-state index is 14.3. The lowest BCUT2D eigenvalue weighted by atomic mass is 10.2. The average molecular weight is 336 g/mol. The molecule has 2 aliphatic heterocycles. The van der Waals surface area contributed by atoms with Crippen molar-refractivity contribution < 1.29 is 18.7 Å². The zero-order valence-corrected chi connectivity index (χ0v) is 14.1. The first-order chi connectivity index (χ1) is 11.6. The van der Waals surface area contributed by atoms with Crippen LogP contribution < -0.4 is 10.2 Å². The molecule has 2 fully saturated rings. The molecule has 1 aromatic rings. The highest BCUT2D eigenvalue weighted by molar-refractivity contribution is 5.97. The van der Waals surface area contributed by atoms with Gasteiger partial charge in [-0.1, -0.05) is 6.07 Å². The standard InChI is InChI=1S/C18H25FN2O3/c1-13(24-12-14-6-5-11-23-14)18(22)20-17-15(19)7-4-8-16(17)21-9-2-3-10-21/h4,7-8,13-14H,2-3,5-6,9-12H2,1H3,(H,20,22)/t13-,14+/m1/s1. The molecule has 1 aromatic carbocycles. The molecule has 6 heteroatoms. The molecule has 0 saturated carbocycles. The van der Waals surface area contributed by atoms with Crippen molar-refractivity contribution in [3.05, 3.63) is 24.0 Å². The maximum Gasteiger partial charge on any atom is 0.253 e. The summed E-state index contributed by atoms with van der Waals surface area (Å²) in [5, 5.41) is 2.71. The van der Waals surface area contributed by atoms with E-state index in [0.29, 0.717) is 6.61 Å². The number of nitrogens with zero attached hydrogens (tertiary/aromatic N) is 1. The second kappa shape index (κ2) is 7.94. The first kappa shape index (κ1) is 17.2. The molecule has 2 aliphatic rings. The summed E-state index contributed by atoms with van der Waals surface area (Å²) in [6.07, 6.45) is 3.58. The number of carbonyl (C=O) groups is 1. The molecule has 2 heterocycles. The quantitative estimate of drug-likeness (QED) is 0.868. The van der Waals surface area contributed by atoms with Crippen molar-refractivity contribution in [1.29, 1.82) is 0 Å². The zero-order chi connectivity index (χ0) is 16.9. The van der Waals surface area contributed by atoms with Gasteiger partial charge in [0.1, 0.15) is 17.6 Å². The van der Waals surface area contributed by atoms with Gasteiger partial charge in [-0.2, -0.15) is 0 Å². The van der Waals surface area contributed by atoms with Crippen molar-refractivity contribution in [2.45, 2.75) is 44.8 Å². The van der Waals surface area contributed by atoms with E-state index in [9.17, 15) is 9.18 Å². The van der Waals surface area contributed by atoms with Crippen LogP contribution in [0.15, 0.2) is 18.2 Å². The predicted octanol–water partition coefficient (Wildman–Crippen LogP) is 2.95. The van der Waals surface area contributed by atoms with Crippen molar-refractivity contribution in [2.75, 3.05) is 36.5 Å². The lowest BCUT2D eigenvalue weighted by molar-refractivity contribution is -0.128. The number of hydrogen-bond acceptors (Lipinski definition) is 4. The Balaban J connectivity index is 1.62. The topological polar surface area (TPSA) is 50.8 Å². The molecular weight excluding hydrogens is 311 g/mol. The SMILES string of the molecule is C[C@@H](OC[C@@H]1CCCO1)C(=O)Nc1c(F)cccc1N1CCCC1. The first-order valence-corrected chi connectivity index (χ1v) is 8.72. The summed E-state index contributed by atoms with van der Waals surface area (Å²) in [5.41, 5.74) is 0.990. The Morgan fingerprint density at radius 1 is 1.42 bits per heavy atom. The van der Waals surface area contributed by atoms with Gasteiger partial charge in [0.05, 0.1) is 18.4 Å². The van der Waals surface area contributed by atoms with Crippen molar-refractivity contribution >= 4 is 17.3 Å². The van der Waals surface area contributed by atoms with Crippen LogP contribution >= 0.6 is 0 Å². The lowest BCUT2D eigenvalue weighted by Gasteiger charge is -2.23. The number of hydrogen-bond donors (Lipinski definition) is 1. The van der Waals surface area contributed by atoms with E-state index in [4.69, 9.17) is 9.47 Å². The fourth-order valence-electron chi connectivity index (χ4n) is 3.19. The third-order valence-corrected chi connectivity index (χ3v) is 4.61. The summed E-state index contributed by atoms with van der Waals surface area (Å²) in [4.78, 5) is 14.5. The number of benzene rings is 1. The van der Waals surface area contributed by atoms with E-state index in [1.165, 1.54) is 6.07 Å². The van der Waals surface area contributed by atoms with E-state index >= 15 is 0 Å². The molecule has 0 bridgehead atoms. The summed E-state index contributed by atoms with van der Waals surface area (Å²) in [6, 6.07) is 4.89. The molecule has 0 aromatic heterocycles. The smallest absolute Gasteiger partial charge is 0.253 e.